The molecule has 0 radical (unpaired) electrons. The van der Waals surface area contributed by atoms with E-state index in [1.807, 2.05) is 0 Å². The third-order valence-corrected chi connectivity index (χ3v) is 2.71. The van der Waals surface area contributed by atoms with E-state index in [1.54, 1.807) is 0 Å². The molecule has 0 saturated heterocycles. The van der Waals surface area contributed by atoms with Crippen molar-refractivity contribution in [1.29, 1.82) is 0 Å². The smallest absolute Gasteiger partial charge is 0.331 e. The van der Waals surface area contributed by atoms with Gasteiger partial charge in [-0.3, -0.25) is 4.79 Å². The summed E-state index contributed by atoms with van der Waals surface area (Å²) in [5.41, 5.74) is 0.211. The Balaban J connectivity index is 3.16. The van der Waals surface area contributed by atoms with E-state index in [0.717, 1.165) is 11.0 Å². The van der Waals surface area contributed by atoms with E-state index in [2.05, 4.69) is 15.9 Å². The number of rotatable bonds is 4. The maximum atomic E-state index is 13.2. The van der Waals surface area contributed by atoms with Gasteiger partial charge < -0.3 is 10.0 Å². The number of halogens is 2. The molecular weight excluding hydrogens is 281 g/mol. The van der Waals surface area contributed by atoms with Gasteiger partial charge in [-0.1, -0.05) is 6.07 Å². The number of hydrogen-bond acceptors (Lipinski definition) is 2. The van der Waals surface area contributed by atoms with Gasteiger partial charge in [0.2, 0.25) is 6.41 Å². The fraction of sp³-hybridized carbons (Fsp3) is 0.200. The maximum absolute atomic E-state index is 13.2. The predicted octanol–water partition coefficient (Wildman–Crippen LogP) is 1.80. The molecule has 1 aromatic carbocycles. The zero-order valence-electron chi connectivity index (χ0n) is 8.35. The summed E-state index contributed by atoms with van der Waals surface area (Å²) in [6.07, 6.45) is 0.388. The highest BCUT2D eigenvalue weighted by Gasteiger charge is 2.24. The molecule has 1 unspecified atom stereocenters. The average molecular weight is 290 g/mol. The number of nitrogens with zero attached hydrogens (tertiary/aromatic N) is 1. The quantitative estimate of drug-likeness (QED) is 0.860. The molecule has 0 spiro atoms. The monoisotopic (exact) mass is 289 g/mol. The molecule has 6 heteroatoms. The second kappa shape index (κ2) is 5.07. The Hall–Kier alpha value is -1.43. The molecule has 1 atom stereocenters. The lowest BCUT2D eigenvalue weighted by atomic mass is 10.1. The Kier molecular flexibility index (Phi) is 4.00. The highest BCUT2D eigenvalue weighted by molar-refractivity contribution is 9.10. The first-order valence-corrected chi connectivity index (χ1v) is 5.11. The first kappa shape index (κ1) is 12.6. The number of likely N-dealkylation sites (N-methyl/N-ethyl adjacent to an activating group) is 1. The van der Waals surface area contributed by atoms with Crippen LogP contribution < -0.4 is 0 Å². The van der Waals surface area contributed by atoms with E-state index in [1.165, 1.54) is 19.2 Å². The molecule has 4 nitrogen and oxygen atoms in total. The van der Waals surface area contributed by atoms with Gasteiger partial charge >= 0.3 is 5.97 Å². The highest BCUT2D eigenvalue weighted by atomic mass is 79.9. The molecular formula is C10H9BrFNO3. The standard InChI is InChI=1S/C10H9BrFNO3/c1-13(5-14)9(10(15)16)6-2-3-7(11)8(12)4-6/h2-5,9H,1H3,(H,15,16). The van der Waals surface area contributed by atoms with E-state index in [4.69, 9.17) is 5.11 Å². The number of carboxylic acids is 1. The number of amides is 1. The second-order valence-electron chi connectivity index (χ2n) is 3.19. The predicted molar refractivity (Wildman–Crippen MR) is 58.3 cm³/mol. The number of hydrogen-bond donors (Lipinski definition) is 1. The summed E-state index contributed by atoms with van der Waals surface area (Å²) in [7, 11) is 1.33. The lowest BCUT2D eigenvalue weighted by molar-refractivity contribution is -0.145. The minimum Gasteiger partial charge on any atom is -0.479 e. The molecule has 1 aromatic rings. The Morgan fingerprint density at radius 1 is 1.62 bits per heavy atom. The van der Waals surface area contributed by atoms with Crippen molar-refractivity contribution in [3.63, 3.8) is 0 Å². The maximum Gasteiger partial charge on any atom is 0.331 e. The van der Waals surface area contributed by atoms with Crippen LogP contribution in [0, 0.1) is 5.82 Å². The van der Waals surface area contributed by atoms with Gasteiger partial charge in [-0.15, -0.1) is 0 Å². The average Bonchev–Trinajstić information content (AvgIpc) is 2.22. The molecule has 0 fully saturated rings. The summed E-state index contributed by atoms with van der Waals surface area (Å²) in [6.45, 7) is 0. The number of carbonyl (C=O) groups excluding carboxylic acids is 1. The van der Waals surface area contributed by atoms with Gasteiger partial charge in [0.05, 0.1) is 4.47 Å². The van der Waals surface area contributed by atoms with Gasteiger partial charge in [0, 0.05) is 7.05 Å². The largest absolute Gasteiger partial charge is 0.479 e. The molecule has 1 N–H and O–H groups in total. The summed E-state index contributed by atoms with van der Waals surface area (Å²) >= 11 is 2.96. The van der Waals surface area contributed by atoms with Gasteiger partial charge in [-0.25, -0.2) is 9.18 Å². The van der Waals surface area contributed by atoms with Gasteiger partial charge in [-0.2, -0.15) is 0 Å². The number of aliphatic carboxylic acids is 1. The molecule has 16 heavy (non-hydrogen) atoms. The van der Waals surface area contributed by atoms with Crippen molar-refractivity contribution in [1.82, 2.24) is 4.90 Å². The number of benzene rings is 1. The van der Waals surface area contributed by atoms with Crippen LogP contribution in [0.25, 0.3) is 0 Å². The van der Waals surface area contributed by atoms with E-state index < -0.39 is 17.8 Å². The van der Waals surface area contributed by atoms with Crippen molar-refractivity contribution < 1.29 is 19.1 Å². The fourth-order valence-electron chi connectivity index (χ4n) is 1.30. The van der Waals surface area contributed by atoms with E-state index in [-0.39, 0.29) is 10.0 Å². The van der Waals surface area contributed by atoms with Gasteiger partial charge in [0.15, 0.2) is 6.04 Å². The number of carboxylic acid groups (broad SMARTS) is 1. The van der Waals surface area contributed by atoms with E-state index >= 15 is 0 Å². The van der Waals surface area contributed by atoms with Crippen LogP contribution in [-0.2, 0) is 9.59 Å². The van der Waals surface area contributed by atoms with Crippen molar-refractivity contribution in [3.05, 3.63) is 34.1 Å². The van der Waals surface area contributed by atoms with Crippen LogP contribution in [0.3, 0.4) is 0 Å². The number of carbonyl (C=O) groups is 2. The summed E-state index contributed by atoms with van der Waals surface area (Å²) in [5.74, 6) is -1.78. The molecule has 0 saturated carbocycles. The minimum absolute atomic E-state index is 0.211. The molecule has 0 aliphatic heterocycles. The normalized spacial score (nSPS) is 11.9. The first-order valence-electron chi connectivity index (χ1n) is 4.32. The molecule has 1 rings (SSSR count). The lowest BCUT2D eigenvalue weighted by Crippen LogP contribution is -2.29. The van der Waals surface area contributed by atoms with Crippen molar-refractivity contribution in [2.75, 3.05) is 7.05 Å². The highest BCUT2D eigenvalue weighted by Crippen LogP contribution is 2.23. The molecule has 0 aliphatic carbocycles. The Bertz CT molecular complexity index is 425. The second-order valence-corrected chi connectivity index (χ2v) is 4.04. The van der Waals surface area contributed by atoms with Gasteiger partial charge in [0.25, 0.3) is 0 Å². The molecule has 86 valence electrons. The summed E-state index contributed by atoms with van der Waals surface area (Å²) in [4.78, 5) is 22.5. The summed E-state index contributed by atoms with van der Waals surface area (Å²) in [6, 6.07) is 2.76. The van der Waals surface area contributed by atoms with Gasteiger partial charge in [-0.05, 0) is 33.6 Å². The van der Waals surface area contributed by atoms with Crippen molar-refractivity contribution in [2.45, 2.75) is 6.04 Å². The van der Waals surface area contributed by atoms with Crippen LogP contribution in [0.5, 0.6) is 0 Å². The van der Waals surface area contributed by atoms with E-state index in [9.17, 15) is 14.0 Å². The topological polar surface area (TPSA) is 57.6 Å². The first-order chi connectivity index (χ1) is 7.47. The van der Waals surface area contributed by atoms with Gasteiger partial charge in [0.1, 0.15) is 5.82 Å². The SMILES string of the molecule is CN(C=O)C(C(=O)O)c1ccc(Br)c(F)c1. The molecule has 1 amide bonds. The van der Waals surface area contributed by atoms with Crippen molar-refractivity contribution >= 4 is 28.3 Å². The Morgan fingerprint density at radius 3 is 2.69 bits per heavy atom. The third kappa shape index (κ3) is 2.57. The van der Waals surface area contributed by atoms with Crippen LogP contribution in [0.2, 0.25) is 0 Å². The van der Waals surface area contributed by atoms with Crippen LogP contribution >= 0.6 is 15.9 Å². The van der Waals surface area contributed by atoms with Crippen molar-refractivity contribution in [2.24, 2.45) is 0 Å². The van der Waals surface area contributed by atoms with Crippen LogP contribution in [0.4, 0.5) is 4.39 Å². The van der Waals surface area contributed by atoms with Crippen LogP contribution in [0.1, 0.15) is 11.6 Å². The molecule has 0 aliphatic rings. The molecule has 0 aromatic heterocycles. The Morgan fingerprint density at radius 2 is 2.25 bits per heavy atom. The third-order valence-electron chi connectivity index (χ3n) is 2.07. The minimum atomic E-state index is -1.21. The zero-order valence-corrected chi connectivity index (χ0v) is 9.94. The molecule has 0 heterocycles. The zero-order chi connectivity index (χ0) is 12.3. The lowest BCUT2D eigenvalue weighted by Gasteiger charge is -2.20. The van der Waals surface area contributed by atoms with E-state index in [0.29, 0.717) is 6.41 Å². The molecule has 0 bridgehead atoms. The fourth-order valence-corrected chi connectivity index (χ4v) is 1.54. The van der Waals surface area contributed by atoms with Crippen molar-refractivity contribution in [3.8, 4) is 0 Å². The van der Waals surface area contributed by atoms with Crippen LogP contribution in [-0.4, -0.2) is 29.4 Å². The summed E-state index contributed by atoms with van der Waals surface area (Å²) < 4.78 is 13.5. The Labute approximate surface area is 99.8 Å². The summed E-state index contributed by atoms with van der Waals surface area (Å²) in [5, 5.41) is 8.95. The van der Waals surface area contributed by atoms with Crippen LogP contribution in [0.15, 0.2) is 22.7 Å².